The average Bonchev–Trinajstić information content (AvgIpc) is 2.86. The van der Waals surface area contributed by atoms with Gasteiger partial charge in [-0.05, 0) is 18.6 Å². The Kier molecular flexibility index (Phi) is 2.40. The van der Waals surface area contributed by atoms with Crippen molar-refractivity contribution in [1.29, 1.82) is 0 Å². The Bertz CT molecular complexity index is 581. The van der Waals surface area contributed by atoms with Crippen LogP contribution in [0.1, 0.15) is 5.56 Å². The Morgan fingerprint density at radius 3 is 2.76 bits per heavy atom. The zero-order valence-electron chi connectivity index (χ0n) is 9.70. The van der Waals surface area contributed by atoms with Gasteiger partial charge >= 0.3 is 0 Å². The summed E-state index contributed by atoms with van der Waals surface area (Å²) in [6, 6.07) is 8.13. The van der Waals surface area contributed by atoms with Crippen LogP contribution in [0.4, 0.5) is 5.69 Å². The number of pyridine rings is 1. The van der Waals surface area contributed by atoms with Gasteiger partial charge in [0.1, 0.15) is 0 Å². The van der Waals surface area contributed by atoms with Crippen LogP contribution in [-0.4, -0.2) is 24.0 Å². The van der Waals surface area contributed by atoms with E-state index in [1.165, 1.54) is 5.56 Å². The summed E-state index contributed by atoms with van der Waals surface area (Å²) in [6.45, 7) is 3.94. The first-order chi connectivity index (χ1) is 8.34. The molecule has 4 heteroatoms. The molecule has 2 heterocycles. The fraction of sp³-hybridized carbons (Fsp3) is 0.231. The van der Waals surface area contributed by atoms with Gasteiger partial charge in [-0.2, -0.15) is 0 Å². The third kappa shape index (κ3) is 1.82. The minimum Gasteiger partial charge on any atom is -0.354 e. The van der Waals surface area contributed by atoms with Crippen LogP contribution in [0.5, 0.6) is 0 Å². The number of benzene rings is 1. The number of nitrogens with one attached hydrogen (secondary N) is 2. The van der Waals surface area contributed by atoms with E-state index < -0.39 is 0 Å². The monoisotopic (exact) mass is 226 g/mol. The summed E-state index contributed by atoms with van der Waals surface area (Å²) in [5, 5.41) is 7.54. The number of hydrogen-bond donors (Lipinski definition) is 2. The molecule has 17 heavy (non-hydrogen) atoms. The molecule has 3 rings (SSSR count). The van der Waals surface area contributed by atoms with E-state index in [4.69, 9.17) is 0 Å². The molecule has 86 valence electrons. The molecule has 2 aromatic rings. The van der Waals surface area contributed by atoms with Crippen molar-refractivity contribution in [3.05, 3.63) is 36.0 Å². The van der Waals surface area contributed by atoms with E-state index in [9.17, 15) is 0 Å². The average molecular weight is 226 g/mol. The molecule has 0 spiro atoms. The number of nitrogens with zero attached hydrogens (tertiary/aromatic N) is 2. The summed E-state index contributed by atoms with van der Waals surface area (Å²) in [5.41, 5.74) is 3.10. The Labute approximate surface area is 99.8 Å². The maximum atomic E-state index is 4.54. The van der Waals surface area contributed by atoms with Crippen LogP contribution in [0.15, 0.2) is 35.5 Å². The molecule has 1 aromatic carbocycles. The predicted molar refractivity (Wildman–Crippen MR) is 69.6 cm³/mol. The largest absolute Gasteiger partial charge is 0.354 e. The van der Waals surface area contributed by atoms with Gasteiger partial charge in [0, 0.05) is 18.5 Å². The van der Waals surface area contributed by atoms with Crippen LogP contribution in [0, 0.1) is 6.92 Å². The van der Waals surface area contributed by atoms with Gasteiger partial charge in [0.05, 0.1) is 17.4 Å². The number of rotatable bonds is 1. The van der Waals surface area contributed by atoms with Gasteiger partial charge in [0.25, 0.3) is 0 Å². The fourth-order valence-electron chi connectivity index (χ4n) is 2.01. The van der Waals surface area contributed by atoms with Crippen LogP contribution in [0.2, 0.25) is 0 Å². The molecule has 0 amide bonds. The second-order valence-corrected chi connectivity index (χ2v) is 4.10. The van der Waals surface area contributed by atoms with Crippen molar-refractivity contribution < 1.29 is 0 Å². The SMILES string of the molecule is Cc1c(N=C2NCCN2)cnc2ccccc12. The number of fused-ring (bicyclic) bond motifs is 1. The van der Waals surface area contributed by atoms with Crippen LogP contribution in [-0.2, 0) is 0 Å². The molecular weight excluding hydrogens is 212 g/mol. The van der Waals surface area contributed by atoms with Crippen LogP contribution in [0.25, 0.3) is 10.9 Å². The van der Waals surface area contributed by atoms with E-state index >= 15 is 0 Å². The van der Waals surface area contributed by atoms with Gasteiger partial charge in [0.2, 0.25) is 0 Å². The topological polar surface area (TPSA) is 49.3 Å². The number of aryl methyl sites for hydroxylation is 1. The lowest BCUT2D eigenvalue weighted by molar-refractivity contribution is 0.942. The van der Waals surface area contributed by atoms with Crippen molar-refractivity contribution in [2.75, 3.05) is 13.1 Å². The molecule has 0 bridgehead atoms. The van der Waals surface area contributed by atoms with Gasteiger partial charge < -0.3 is 10.6 Å². The van der Waals surface area contributed by atoms with Crippen molar-refractivity contribution >= 4 is 22.5 Å². The lowest BCUT2D eigenvalue weighted by Crippen LogP contribution is -2.23. The van der Waals surface area contributed by atoms with Crippen molar-refractivity contribution in [2.24, 2.45) is 4.99 Å². The lowest BCUT2D eigenvalue weighted by atomic mass is 10.1. The number of guanidine groups is 1. The smallest absolute Gasteiger partial charge is 0.196 e. The minimum atomic E-state index is 0.838. The summed E-state index contributed by atoms with van der Waals surface area (Å²) in [7, 11) is 0. The van der Waals surface area contributed by atoms with Crippen molar-refractivity contribution in [2.45, 2.75) is 6.92 Å². The lowest BCUT2D eigenvalue weighted by Gasteiger charge is -2.05. The first-order valence-corrected chi connectivity index (χ1v) is 5.75. The highest BCUT2D eigenvalue weighted by Crippen LogP contribution is 2.25. The van der Waals surface area contributed by atoms with Gasteiger partial charge in [-0.1, -0.05) is 18.2 Å². The molecule has 1 fully saturated rings. The molecule has 0 saturated carbocycles. The Morgan fingerprint density at radius 2 is 1.94 bits per heavy atom. The normalized spacial score (nSPS) is 14.5. The molecule has 4 nitrogen and oxygen atoms in total. The molecule has 0 radical (unpaired) electrons. The summed E-state index contributed by atoms with van der Waals surface area (Å²) >= 11 is 0. The number of aromatic nitrogens is 1. The molecule has 1 aliphatic rings. The standard InChI is InChI=1S/C13H14N4/c1-9-10-4-2-3-5-11(10)16-8-12(9)17-13-14-6-7-15-13/h2-5,8H,6-7H2,1H3,(H2,14,15,17). The molecule has 0 aliphatic carbocycles. The molecule has 2 N–H and O–H groups in total. The number of para-hydroxylation sites is 1. The number of aliphatic imine (C=N–C) groups is 1. The van der Waals surface area contributed by atoms with Gasteiger partial charge in [-0.3, -0.25) is 4.98 Å². The van der Waals surface area contributed by atoms with Gasteiger partial charge in [-0.15, -0.1) is 0 Å². The van der Waals surface area contributed by atoms with Crippen LogP contribution in [0.3, 0.4) is 0 Å². The first kappa shape index (κ1) is 10.1. The zero-order chi connectivity index (χ0) is 11.7. The summed E-state index contributed by atoms with van der Waals surface area (Å²) in [5.74, 6) is 0.838. The zero-order valence-corrected chi connectivity index (χ0v) is 9.70. The second kappa shape index (κ2) is 4.05. The fourth-order valence-corrected chi connectivity index (χ4v) is 2.01. The molecular formula is C13H14N4. The van der Waals surface area contributed by atoms with Crippen molar-refractivity contribution in [3.63, 3.8) is 0 Å². The van der Waals surface area contributed by atoms with Gasteiger partial charge in [-0.25, -0.2) is 4.99 Å². The second-order valence-electron chi connectivity index (χ2n) is 4.10. The quantitative estimate of drug-likeness (QED) is 0.778. The molecule has 1 aromatic heterocycles. The maximum Gasteiger partial charge on any atom is 0.196 e. The van der Waals surface area contributed by atoms with E-state index in [2.05, 4.69) is 33.6 Å². The third-order valence-corrected chi connectivity index (χ3v) is 2.96. The van der Waals surface area contributed by atoms with Crippen LogP contribution < -0.4 is 10.6 Å². The molecule has 1 aliphatic heterocycles. The highest BCUT2D eigenvalue weighted by Gasteiger charge is 2.08. The summed E-state index contributed by atoms with van der Waals surface area (Å²) in [4.78, 5) is 8.96. The Morgan fingerprint density at radius 1 is 1.18 bits per heavy atom. The molecule has 1 saturated heterocycles. The van der Waals surface area contributed by atoms with E-state index in [1.807, 2.05) is 24.4 Å². The molecule has 0 unspecified atom stereocenters. The predicted octanol–water partition coefficient (Wildman–Crippen LogP) is 1.72. The molecule has 0 atom stereocenters. The van der Waals surface area contributed by atoms with Gasteiger partial charge in [0.15, 0.2) is 5.96 Å². The van der Waals surface area contributed by atoms with E-state index in [-0.39, 0.29) is 0 Å². The summed E-state index contributed by atoms with van der Waals surface area (Å²) < 4.78 is 0. The highest BCUT2D eigenvalue weighted by atomic mass is 15.2. The van der Waals surface area contributed by atoms with Crippen molar-refractivity contribution in [3.8, 4) is 0 Å². The van der Waals surface area contributed by atoms with E-state index in [1.54, 1.807) is 0 Å². The Hall–Kier alpha value is -2.10. The minimum absolute atomic E-state index is 0.838. The third-order valence-electron chi connectivity index (χ3n) is 2.96. The maximum absolute atomic E-state index is 4.54. The van der Waals surface area contributed by atoms with E-state index in [0.29, 0.717) is 0 Å². The van der Waals surface area contributed by atoms with Crippen molar-refractivity contribution in [1.82, 2.24) is 15.6 Å². The summed E-state index contributed by atoms with van der Waals surface area (Å²) in [6.07, 6.45) is 1.83. The first-order valence-electron chi connectivity index (χ1n) is 5.75. The highest BCUT2D eigenvalue weighted by molar-refractivity contribution is 5.89. The number of hydrogen-bond acceptors (Lipinski definition) is 2. The Balaban J connectivity index is 2.11. The van der Waals surface area contributed by atoms with Crippen LogP contribution >= 0.6 is 0 Å². The van der Waals surface area contributed by atoms with E-state index in [0.717, 1.165) is 35.6 Å².